The summed E-state index contributed by atoms with van der Waals surface area (Å²) in [6, 6.07) is 0. The highest BCUT2D eigenvalue weighted by Crippen LogP contribution is 2.56. The van der Waals surface area contributed by atoms with E-state index < -0.39 is 84.6 Å². The number of aliphatic hydroxyl groups is 2. The number of phosphoric ester groups is 3. The van der Waals surface area contributed by atoms with E-state index in [9.17, 15) is 57.9 Å². The molecule has 3 rings (SSSR count). The van der Waals surface area contributed by atoms with Crippen LogP contribution < -0.4 is 35.9 Å². The molecule has 7 atom stereocenters. The normalized spacial score (nSPS) is 18.8. The molecule has 24 nitrogen and oxygen atoms in total. The summed E-state index contributed by atoms with van der Waals surface area (Å²) in [5.74, 6) is -1.21. The Kier molecular flexibility index (Phi) is 37.5. The summed E-state index contributed by atoms with van der Waals surface area (Å²) in [4.78, 5) is 97.2. The van der Waals surface area contributed by atoms with Crippen LogP contribution in [-0.4, -0.2) is 103 Å². The Morgan fingerprint density at radius 2 is 1.26 bits per heavy atom. The van der Waals surface area contributed by atoms with E-state index in [1.807, 2.05) is 6.08 Å². The molecule has 2 amide bonds. The third-order valence-electron chi connectivity index (χ3n) is 13.7. The number of fused-ring (bicyclic) bond motifs is 1. The number of nitrogen functional groups attached to an aromatic ring is 1. The Balaban J connectivity index is 1.14. The molecule has 482 valence electrons. The summed E-state index contributed by atoms with van der Waals surface area (Å²) >= 11 is 1.06. The quantitative estimate of drug-likeness (QED) is 0.0180. The number of anilines is 1. The van der Waals surface area contributed by atoms with Crippen molar-refractivity contribution >= 4 is 69.1 Å². The maximum atomic E-state index is 12.7. The van der Waals surface area contributed by atoms with Crippen LogP contribution in [0.25, 0.3) is 11.2 Å². The van der Waals surface area contributed by atoms with Gasteiger partial charge in [-0.2, -0.15) is 0 Å². The fraction of sp³-hybridized carbons (Fsp3) is 0.684. The first-order valence-corrected chi connectivity index (χ1v) is 35.2. The highest BCUT2D eigenvalue weighted by molar-refractivity contribution is 8.14. The molecule has 1 saturated heterocycles. The van der Waals surface area contributed by atoms with E-state index in [2.05, 4.69) is 99.0 Å². The molecule has 0 bridgehead atoms. The van der Waals surface area contributed by atoms with Crippen molar-refractivity contribution in [3.63, 3.8) is 0 Å². The monoisotopic (exact) mass is 1270 g/mol. The average molecular weight is 1270 g/mol. The Bertz CT molecular complexity index is 2560. The number of nitrogens with one attached hydrogen (secondary N) is 2. The first-order valence-electron chi connectivity index (χ1n) is 29.8. The van der Waals surface area contributed by atoms with E-state index in [1.165, 1.54) is 129 Å². The van der Waals surface area contributed by atoms with E-state index in [1.54, 1.807) is 6.08 Å². The molecule has 28 heteroatoms. The number of carbonyl (C=O) groups excluding carboxylic acids is 3. The van der Waals surface area contributed by atoms with Crippen molar-refractivity contribution in [3.05, 3.63) is 73.4 Å². The van der Waals surface area contributed by atoms with Crippen molar-refractivity contribution in [3.8, 4) is 0 Å². The number of nitrogens with two attached hydrogens (primary N) is 1. The largest absolute Gasteiger partial charge is 0.790 e. The Morgan fingerprint density at radius 3 is 1.81 bits per heavy atom. The topological polar surface area (TPSA) is 375 Å². The molecule has 0 aromatic carbocycles. The van der Waals surface area contributed by atoms with Crippen molar-refractivity contribution in [2.24, 2.45) is 5.41 Å². The zero-order chi connectivity index (χ0) is 62.4. The van der Waals surface area contributed by atoms with Crippen LogP contribution in [0.1, 0.15) is 188 Å². The molecule has 2 aromatic rings. The van der Waals surface area contributed by atoms with Gasteiger partial charge in [0.15, 0.2) is 17.7 Å². The zero-order valence-electron chi connectivity index (χ0n) is 49.7. The van der Waals surface area contributed by atoms with Gasteiger partial charge in [0, 0.05) is 30.7 Å². The molecule has 2 aromatic heterocycles. The molecular weight excluding hydrogens is 1180 g/mol. The number of thioether (sulfide) groups is 1. The lowest BCUT2D eigenvalue weighted by Crippen LogP contribution is -2.46. The average Bonchev–Trinajstić information content (AvgIpc) is 2.05. The lowest BCUT2D eigenvalue weighted by molar-refractivity contribution is -0.347. The first kappa shape index (κ1) is 75.5. The minimum Gasteiger partial charge on any atom is -0.790 e. The minimum absolute atomic E-state index is 0.0197. The molecule has 0 radical (unpaired) electrons. The number of unbranched alkanes of at least 4 members (excludes halogenated alkanes) is 19. The van der Waals surface area contributed by atoms with E-state index in [0.29, 0.717) is 5.75 Å². The predicted octanol–water partition coefficient (Wildman–Crippen LogP) is 8.30. The van der Waals surface area contributed by atoms with Crippen LogP contribution in [0.15, 0.2) is 73.4 Å². The van der Waals surface area contributed by atoms with E-state index in [0.717, 1.165) is 67.5 Å². The molecule has 2 unspecified atom stereocenters. The Morgan fingerprint density at radius 1 is 0.741 bits per heavy atom. The maximum absolute atomic E-state index is 12.7. The van der Waals surface area contributed by atoms with Gasteiger partial charge in [0.25, 0.3) is 15.6 Å². The maximum Gasteiger partial charge on any atom is 0.274 e. The van der Waals surface area contributed by atoms with Crippen molar-refractivity contribution in [2.75, 3.05) is 37.8 Å². The van der Waals surface area contributed by atoms with Crippen LogP contribution in [0.4, 0.5) is 5.82 Å². The second-order valence-electron chi connectivity index (χ2n) is 21.5. The summed E-state index contributed by atoms with van der Waals surface area (Å²) in [6.45, 7) is 2.36. The number of ether oxygens (including phenoxy) is 1. The van der Waals surface area contributed by atoms with Gasteiger partial charge in [-0.1, -0.05) is 184 Å². The summed E-state index contributed by atoms with van der Waals surface area (Å²) < 4.78 is 61.0. The highest BCUT2D eigenvalue weighted by atomic mass is 32.2. The van der Waals surface area contributed by atoms with Crippen molar-refractivity contribution in [2.45, 2.75) is 212 Å². The van der Waals surface area contributed by atoms with Gasteiger partial charge >= 0.3 is 0 Å². The number of aromatic nitrogens is 4. The van der Waals surface area contributed by atoms with E-state index >= 15 is 0 Å². The van der Waals surface area contributed by atoms with Gasteiger partial charge in [0.05, 0.1) is 27.4 Å². The standard InChI is InChI=1S/C57H96N7O17P3S/c1-4-5-6-7-8-9-10-11-12-13-14-15-16-17-18-19-20-21-22-23-24-25-26-27-28-29-30-31-32-33-34-35-36-37-48(66)85-41-40-59-47(65)38-39-60-55(69)52(68)57(2,3)43-78-84(75,76)81-83(73,74)77-42-46-51(80-82(70,71)72)50(67)56(79-46)64-45-63-49-53(58)61-44-62-54(49)64/h8-9,11-12,14-15,17-18,36-37,44-46,50-52,56,67-68H,4-7,10,13,16,19-35,38-43H2,1-3H3,(H,59,65)(H,60,69)(H,73,74)(H,75,76)(H2,58,61,62)(H2,70,71,72)/p-4/b9-8-,12-11-,15-14-,18-17-,37-36+/t46-,50-,51-,52+,56-/m1/s1. The summed E-state index contributed by atoms with van der Waals surface area (Å²) in [6.07, 6.45) is 43.4. The predicted molar refractivity (Wildman–Crippen MR) is 320 cm³/mol. The molecule has 1 fully saturated rings. The number of nitrogens with zero attached hydrogens (tertiary/aromatic N) is 4. The molecule has 0 aliphatic carbocycles. The lowest BCUT2D eigenvalue weighted by atomic mass is 9.87. The Hall–Kier alpha value is -3.74. The number of rotatable bonds is 48. The number of amides is 2. The van der Waals surface area contributed by atoms with Gasteiger partial charge < -0.3 is 69.0 Å². The smallest absolute Gasteiger partial charge is 0.274 e. The fourth-order valence-electron chi connectivity index (χ4n) is 8.87. The minimum atomic E-state index is -5.93. The number of imidazole rings is 1. The number of aliphatic hydroxyl groups excluding tert-OH is 2. The fourth-order valence-corrected chi connectivity index (χ4v) is 12.2. The first-order chi connectivity index (χ1) is 40.6. The molecule has 0 saturated carbocycles. The molecule has 3 heterocycles. The number of hydrogen-bond donors (Lipinski definition) is 5. The SMILES string of the molecule is CCCCC/C=C\C/C=C\C/C=C\C/C=C\CCCCCCCCCCCCCCCCC/C=C/C(=O)SCCNC(=O)CCNC(=O)[C@H](O)C(C)(C)COP(=O)([O-])OP(=O)([O-])OC[C@H]1O[C@@H](n2cnc3c(N)ncnc32)[C@H](O)[C@@H]1OP(=O)([O-])[O-]. The van der Waals surface area contributed by atoms with Crippen LogP contribution in [0, 0.1) is 5.41 Å². The van der Waals surface area contributed by atoms with Gasteiger partial charge in [-0.15, -0.1) is 0 Å². The van der Waals surface area contributed by atoms with Crippen molar-refractivity contribution < 1.29 is 80.5 Å². The molecule has 1 aliphatic rings. The molecule has 1 aliphatic heterocycles. The van der Waals surface area contributed by atoms with Gasteiger partial charge in [0.1, 0.15) is 36.3 Å². The number of phosphoric acid groups is 3. The van der Waals surface area contributed by atoms with E-state index in [-0.39, 0.29) is 41.6 Å². The molecular formula is C57H92N7O17P3S-4. The van der Waals surface area contributed by atoms with Gasteiger partial charge in [-0.3, -0.25) is 28.1 Å². The number of hydrogen-bond acceptors (Lipinski definition) is 22. The van der Waals surface area contributed by atoms with Crippen LogP contribution in [0.3, 0.4) is 0 Å². The number of allylic oxidation sites excluding steroid dienone is 9. The summed E-state index contributed by atoms with van der Waals surface area (Å²) in [7, 11) is -17.6. The second kappa shape index (κ2) is 42.2. The molecule has 6 N–H and O–H groups in total. The molecule has 85 heavy (non-hydrogen) atoms. The van der Waals surface area contributed by atoms with Crippen LogP contribution in [-0.2, 0) is 50.7 Å². The lowest BCUT2D eigenvalue weighted by Gasteiger charge is -2.36. The zero-order valence-corrected chi connectivity index (χ0v) is 53.2. The highest BCUT2D eigenvalue weighted by Gasteiger charge is 2.47. The summed E-state index contributed by atoms with van der Waals surface area (Å²) in [5.41, 5.74) is 4.09. The summed E-state index contributed by atoms with van der Waals surface area (Å²) in [5, 5.41) is 26.4. The van der Waals surface area contributed by atoms with Crippen LogP contribution in [0.2, 0.25) is 0 Å². The van der Waals surface area contributed by atoms with E-state index in [4.69, 9.17) is 10.5 Å². The van der Waals surface area contributed by atoms with Crippen molar-refractivity contribution in [1.29, 1.82) is 0 Å². The third-order valence-corrected chi connectivity index (χ3v) is 17.5. The molecule has 0 spiro atoms. The van der Waals surface area contributed by atoms with Crippen LogP contribution in [0.5, 0.6) is 0 Å². The third kappa shape index (κ3) is 33.4. The van der Waals surface area contributed by atoms with Crippen molar-refractivity contribution in [1.82, 2.24) is 30.2 Å². The number of carbonyl (C=O) groups is 3. The van der Waals surface area contributed by atoms with Crippen LogP contribution >= 0.6 is 35.2 Å². The van der Waals surface area contributed by atoms with Gasteiger partial charge in [-0.05, 0) is 63.9 Å². The second-order valence-corrected chi connectivity index (χ2v) is 26.7. The van der Waals surface area contributed by atoms with Gasteiger partial charge in [-0.25, -0.2) is 19.3 Å². The Labute approximate surface area is 506 Å². The van der Waals surface area contributed by atoms with Gasteiger partial charge in [0.2, 0.25) is 16.9 Å².